The number of pyridine rings is 3. The first-order valence-electron chi connectivity index (χ1n) is 9.54. The zero-order chi connectivity index (χ0) is 20.9. The summed E-state index contributed by atoms with van der Waals surface area (Å²) in [5, 5.41) is 7.53. The van der Waals surface area contributed by atoms with E-state index in [1.54, 1.807) is 12.4 Å². The second kappa shape index (κ2) is 6.97. The summed E-state index contributed by atoms with van der Waals surface area (Å²) >= 11 is 7.65. The molecule has 0 aliphatic carbocycles. The lowest BCUT2D eigenvalue weighted by Crippen LogP contribution is -1.90. The van der Waals surface area contributed by atoms with E-state index < -0.39 is 0 Å². The van der Waals surface area contributed by atoms with Crippen molar-refractivity contribution in [3.8, 4) is 33.2 Å². The van der Waals surface area contributed by atoms with Crippen LogP contribution < -0.4 is 0 Å². The Balaban J connectivity index is 1.52. The van der Waals surface area contributed by atoms with Crippen molar-refractivity contribution in [3.63, 3.8) is 0 Å². The standard InChI is InChI=1S/C22H14ClN7S/c1-11-6-8-24-10-13(11)14-2-3-15-19(26-14)20(30-29-15)22-27-18-12(7-9-25-21(18)28-22)16-4-5-17(23)31-16/h2-10H,1H3,(H,29,30)(H,25,27,28). The van der Waals surface area contributed by atoms with E-state index in [2.05, 4.69) is 25.1 Å². The van der Waals surface area contributed by atoms with Crippen LogP contribution in [0.4, 0.5) is 0 Å². The van der Waals surface area contributed by atoms with Crippen LogP contribution in [0.15, 0.2) is 55.0 Å². The maximum atomic E-state index is 6.14. The van der Waals surface area contributed by atoms with Crippen molar-refractivity contribution in [1.29, 1.82) is 0 Å². The summed E-state index contributed by atoms with van der Waals surface area (Å²) in [4.78, 5) is 22.7. The number of H-pyrrole nitrogens is 2. The number of nitrogens with zero attached hydrogens (tertiary/aromatic N) is 5. The van der Waals surface area contributed by atoms with Gasteiger partial charge in [0.25, 0.3) is 0 Å². The number of halogens is 1. The smallest absolute Gasteiger partial charge is 0.162 e. The highest BCUT2D eigenvalue weighted by molar-refractivity contribution is 7.19. The number of aryl methyl sites for hydroxylation is 1. The average molecular weight is 444 g/mol. The Bertz CT molecular complexity index is 1580. The van der Waals surface area contributed by atoms with Crippen molar-refractivity contribution in [2.24, 2.45) is 0 Å². The molecule has 31 heavy (non-hydrogen) atoms. The van der Waals surface area contributed by atoms with Crippen LogP contribution in [0.3, 0.4) is 0 Å². The molecule has 0 atom stereocenters. The number of rotatable bonds is 3. The molecule has 0 spiro atoms. The molecular formula is C22H14ClN7S. The number of hydrogen-bond acceptors (Lipinski definition) is 6. The summed E-state index contributed by atoms with van der Waals surface area (Å²) in [6.07, 6.45) is 5.37. The minimum atomic E-state index is 0.608. The monoisotopic (exact) mass is 443 g/mol. The lowest BCUT2D eigenvalue weighted by atomic mass is 10.1. The van der Waals surface area contributed by atoms with Gasteiger partial charge in [-0.25, -0.2) is 15.0 Å². The molecule has 9 heteroatoms. The first-order chi connectivity index (χ1) is 15.2. The lowest BCUT2D eigenvalue weighted by Gasteiger charge is -2.04. The van der Waals surface area contributed by atoms with Crippen molar-refractivity contribution >= 4 is 45.1 Å². The summed E-state index contributed by atoms with van der Waals surface area (Å²) in [6.45, 7) is 2.04. The van der Waals surface area contributed by atoms with Gasteiger partial charge in [-0.3, -0.25) is 10.1 Å². The largest absolute Gasteiger partial charge is 0.321 e. The molecule has 0 unspecified atom stereocenters. The fourth-order valence-electron chi connectivity index (χ4n) is 3.63. The van der Waals surface area contributed by atoms with Crippen LogP contribution in [-0.2, 0) is 0 Å². The quantitative estimate of drug-likeness (QED) is 0.368. The van der Waals surface area contributed by atoms with Crippen LogP contribution in [0.1, 0.15) is 5.56 Å². The molecule has 0 aromatic carbocycles. The number of hydrogen-bond donors (Lipinski definition) is 2. The van der Waals surface area contributed by atoms with Gasteiger partial charge in [0.1, 0.15) is 11.0 Å². The molecule has 2 N–H and O–H groups in total. The van der Waals surface area contributed by atoms with Gasteiger partial charge >= 0.3 is 0 Å². The molecule has 0 fully saturated rings. The molecule has 6 rings (SSSR count). The first kappa shape index (κ1) is 18.2. The van der Waals surface area contributed by atoms with E-state index in [1.807, 2.05) is 49.5 Å². The average Bonchev–Trinajstić information content (AvgIpc) is 3.50. The Hall–Kier alpha value is -3.62. The van der Waals surface area contributed by atoms with E-state index >= 15 is 0 Å². The minimum absolute atomic E-state index is 0.608. The molecule has 0 bridgehead atoms. The number of thiophene rings is 1. The van der Waals surface area contributed by atoms with Gasteiger partial charge in [-0.1, -0.05) is 11.6 Å². The second-order valence-electron chi connectivity index (χ2n) is 7.10. The van der Waals surface area contributed by atoms with Crippen molar-refractivity contribution in [2.75, 3.05) is 0 Å². The van der Waals surface area contributed by atoms with Crippen LogP contribution in [0, 0.1) is 6.92 Å². The number of imidazole rings is 1. The highest BCUT2D eigenvalue weighted by Crippen LogP contribution is 2.35. The number of aromatic amines is 2. The summed E-state index contributed by atoms with van der Waals surface area (Å²) in [5.41, 5.74) is 7.58. The Morgan fingerprint density at radius 1 is 0.935 bits per heavy atom. The number of fused-ring (bicyclic) bond motifs is 2. The topological polar surface area (TPSA) is 96.0 Å². The molecule has 7 nitrogen and oxygen atoms in total. The maximum Gasteiger partial charge on any atom is 0.162 e. The Morgan fingerprint density at radius 2 is 1.87 bits per heavy atom. The number of nitrogens with one attached hydrogen (secondary N) is 2. The predicted octanol–water partition coefficient (Wildman–Crippen LogP) is 5.65. The normalized spacial score (nSPS) is 11.5. The second-order valence-corrected chi connectivity index (χ2v) is 8.82. The van der Waals surface area contributed by atoms with Crippen molar-refractivity contribution < 1.29 is 0 Å². The van der Waals surface area contributed by atoms with Gasteiger partial charge in [-0.15, -0.1) is 11.3 Å². The predicted molar refractivity (Wildman–Crippen MR) is 123 cm³/mol. The summed E-state index contributed by atoms with van der Waals surface area (Å²) in [7, 11) is 0. The highest BCUT2D eigenvalue weighted by Gasteiger charge is 2.18. The van der Waals surface area contributed by atoms with Gasteiger partial charge in [0, 0.05) is 34.6 Å². The minimum Gasteiger partial charge on any atom is -0.321 e. The van der Waals surface area contributed by atoms with Gasteiger partial charge in [-0.2, -0.15) is 5.10 Å². The fraction of sp³-hybridized carbons (Fsp3) is 0.0455. The fourth-order valence-corrected chi connectivity index (χ4v) is 4.70. The summed E-state index contributed by atoms with van der Waals surface area (Å²) in [6, 6.07) is 11.7. The molecule has 0 amide bonds. The van der Waals surface area contributed by atoms with Gasteiger partial charge in [-0.05, 0) is 48.9 Å². The van der Waals surface area contributed by atoms with E-state index in [9.17, 15) is 0 Å². The van der Waals surface area contributed by atoms with Crippen molar-refractivity contribution in [1.82, 2.24) is 35.1 Å². The third kappa shape index (κ3) is 2.99. The Kier molecular flexibility index (Phi) is 4.09. The third-order valence-corrected chi connectivity index (χ3v) is 6.43. The molecule has 0 aliphatic rings. The molecule has 6 aromatic heterocycles. The first-order valence-corrected chi connectivity index (χ1v) is 10.7. The Morgan fingerprint density at radius 3 is 2.71 bits per heavy atom. The zero-order valence-corrected chi connectivity index (χ0v) is 17.8. The lowest BCUT2D eigenvalue weighted by molar-refractivity contribution is 1.10. The van der Waals surface area contributed by atoms with E-state index in [-0.39, 0.29) is 0 Å². The van der Waals surface area contributed by atoms with Crippen LogP contribution in [0.5, 0.6) is 0 Å². The number of aromatic nitrogens is 7. The maximum absolute atomic E-state index is 6.14. The van der Waals surface area contributed by atoms with Gasteiger partial charge in [0.15, 0.2) is 17.2 Å². The van der Waals surface area contributed by atoms with Crippen LogP contribution in [0.2, 0.25) is 4.34 Å². The molecule has 6 heterocycles. The van der Waals surface area contributed by atoms with Gasteiger partial charge in [0.2, 0.25) is 0 Å². The SMILES string of the molecule is Cc1ccncc1-c1ccc2[nH]nc(-c3nc4c(-c5ccc(Cl)s5)ccnc4[nH]3)c2n1. The van der Waals surface area contributed by atoms with Crippen LogP contribution >= 0.6 is 22.9 Å². The molecule has 0 radical (unpaired) electrons. The Labute approximate surface area is 185 Å². The highest BCUT2D eigenvalue weighted by atomic mass is 35.5. The van der Waals surface area contributed by atoms with Crippen LogP contribution in [-0.4, -0.2) is 35.1 Å². The van der Waals surface area contributed by atoms with E-state index in [0.29, 0.717) is 17.2 Å². The van der Waals surface area contributed by atoms with Crippen molar-refractivity contribution in [3.05, 3.63) is 64.9 Å². The van der Waals surface area contributed by atoms with Gasteiger partial charge < -0.3 is 4.98 Å². The summed E-state index contributed by atoms with van der Waals surface area (Å²) in [5.74, 6) is 0.608. The van der Waals surface area contributed by atoms with Crippen LogP contribution in [0.25, 0.3) is 55.4 Å². The molecule has 6 aromatic rings. The van der Waals surface area contributed by atoms with E-state index in [0.717, 1.165) is 48.1 Å². The molecule has 150 valence electrons. The van der Waals surface area contributed by atoms with Gasteiger partial charge in [0.05, 0.1) is 15.5 Å². The van der Waals surface area contributed by atoms with E-state index in [1.165, 1.54) is 11.3 Å². The summed E-state index contributed by atoms with van der Waals surface area (Å²) < 4.78 is 0.733. The molecule has 0 saturated carbocycles. The molecule has 0 aliphatic heterocycles. The van der Waals surface area contributed by atoms with E-state index in [4.69, 9.17) is 21.6 Å². The molecule has 0 saturated heterocycles. The molecular weight excluding hydrogens is 430 g/mol. The zero-order valence-electron chi connectivity index (χ0n) is 16.2. The van der Waals surface area contributed by atoms with Crippen molar-refractivity contribution in [2.45, 2.75) is 6.92 Å². The third-order valence-electron chi connectivity index (χ3n) is 5.17.